The van der Waals surface area contributed by atoms with Gasteiger partial charge in [0.15, 0.2) is 0 Å². The van der Waals surface area contributed by atoms with Crippen LogP contribution >= 0.6 is 11.6 Å². The van der Waals surface area contributed by atoms with Crippen LogP contribution in [-0.2, 0) is 4.79 Å². The topological polar surface area (TPSA) is 104 Å². The number of amides is 1. The molecule has 1 aromatic carbocycles. The summed E-state index contributed by atoms with van der Waals surface area (Å²) in [6.07, 6.45) is 0. The molecule has 0 fully saturated rings. The van der Waals surface area contributed by atoms with Crippen molar-refractivity contribution in [3.8, 4) is 0 Å². The third kappa shape index (κ3) is 3.68. The molecule has 7 heteroatoms. The number of nitrogens with one attached hydrogen (secondary N) is 1. The van der Waals surface area contributed by atoms with E-state index in [1.807, 2.05) is 0 Å². The van der Waals surface area contributed by atoms with Crippen LogP contribution in [0.3, 0.4) is 0 Å². The minimum absolute atomic E-state index is 0.0333. The third-order valence-electron chi connectivity index (χ3n) is 1.86. The van der Waals surface area contributed by atoms with Crippen molar-refractivity contribution in [2.24, 2.45) is 10.8 Å². The van der Waals surface area contributed by atoms with E-state index in [1.165, 1.54) is 0 Å². The van der Waals surface area contributed by atoms with E-state index in [9.17, 15) is 4.79 Å². The molecule has 0 spiro atoms. The van der Waals surface area contributed by atoms with Crippen molar-refractivity contribution < 1.29 is 4.79 Å². The zero-order valence-electron chi connectivity index (χ0n) is 8.30. The number of halogens is 1. The molecule has 0 bridgehead atoms. The largest absolute Gasteiger partial charge is 0.374 e. The zero-order valence-corrected chi connectivity index (χ0v) is 9.05. The molecule has 1 atom stereocenters. The maximum absolute atomic E-state index is 11.0. The van der Waals surface area contributed by atoms with E-state index in [0.717, 1.165) is 0 Å². The van der Waals surface area contributed by atoms with Crippen LogP contribution in [0.15, 0.2) is 29.4 Å². The Bertz CT molecular complexity index is 412. The van der Waals surface area contributed by atoms with E-state index >= 15 is 0 Å². The van der Waals surface area contributed by atoms with Crippen molar-refractivity contribution in [3.05, 3.63) is 39.7 Å². The number of carbonyl (C=O) groups excluding carboxylic acids is 1. The highest BCUT2D eigenvalue weighted by Crippen LogP contribution is 2.14. The summed E-state index contributed by atoms with van der Waals surface area (Å²) < 4.78 is 0. The van der Waals surface area contributed by atoms with Gasteiger partial charge >= 0.3 is 0 Å². The molecule has 1 unspecified atom stereocenters. The summed E-state index contributed by atoms with van der Waals surface area (Å²) in [5.41, 5.74) is 14.0. The predicted molar refractivity (Wildman–Crippen MR) is 62.1 cm³/mol. The molecule has 0 aromatic heterocycles. The summed E-state index contributed by atoms with van der Waals surface area (Å²) in [4.78, 5) is 13.6. The molecular weight excluding hydrogens is 230 g/mol. The number of benzene rings is 1. The molecule has 0 heterocycles. The van der Waals surface area contributed by atoms with Gasteiger partial charge in [-0.1, -0.05) is 16.7 Å². The molecule has 0 aliphatic heterocycles. The molecule has 3 N–H and O–H groups in total. The van der Waals surface area contributed by atoms with E-state index < -0.39 is 11.9 Å². The first-order valence-corrected chi connectivity index (χ1v) is 4.83. The summed E-state index contributed by atoms with van der Waals surface area (Å²) >= 11 is 5.71. The number of hydrogen-bond acceptors (Lipinski definition) is 3. The van der Waals surface area contributed by atoms with Crippen molar-refractivity contribution in [1.29, 1.82) is 0 Å². The maximum Gasteiger partial charge on any atom is 0.240 e. The lowest BCUT2D eigenvalue weighted by Gasteiger charge is -2.14. The SMILES string of the molecule is [N-]=[N+]=NCC(Nc1ccc(Cl)cc1)C(N)=O. The first kappa shape index (κ1) is 12.2. The van der Waals surface area contributed by atoms with Gasteiger partial charge in [-0.15, -0.1) is 0 Å². The van der Waals surface area contributed by atoms with Gasteiger partial charge < -0.3 is 11.1 Å². The normalized spacial score (nSPS) is 11.3. The smallest absolute Gasteiger partial charge is 0.240 e. The highest BCUT2D eigenvalue weighted by molar-refractivity contribution is 6.30. The Balaban J connectivity index is 2.71. The van der Waals surface area contributed by atoms with Gasteiger partial charge in [0.1, 0.15) is 6.04 Å². The van der Waals surface area contributed by atoms with Crippen molar-refractivity contribution in [2.75, 3.05) is 11.9 Å². The number of carbonyl (C=O) groups is 1. The molecule has 1 aromatic rings. The van der Waals surface area contributed by atoms with Crippen LogP contribution in [0.5, 0.6) is 0 Å². The van der Waals surface area contributed by atoms with E-state index in [-0.39, 0.29) is 6.54 Å². The first-order valence-electron chi connectivity index (χ1n) is 4.45. The van der Waals surface area contributed by atoms with Crippen LogP contribution in [0.2, 0.25) is 5.02 Å². The minimum Gasteiger partial charge on any atom is -0.374 e. The standard InChI is InChI=1S/C9H10ClN5O/c10-6-1-3-7(4-2-6)14-8(9(11)16)5-13-15-12/h1-4,8,14H,5H2,(H2,11,16). The molecular formula is C9H10ClN5O. The number of nitrogens with zero attached hydrogens (tertiary/aromatic N) is 3. The summed E-state index contributed by atoms with van der Waals surface area (Å²) in [5.74, 6) is -0.581. The van der Waals surface area contributed by atoms with Crippen LogP contribution < -0.4 is 11.1 Å². The molecule has 0 aliphatic carbocycles. The second-order valence-corrected chi connectivity index (χ2v) is 3.46. The third-order valence-corrected chi connectivity index (χ3v) is 2.11. The van der Waals surface area contributed by atoms with Crippen LogP contribution in [0, 0.1) is 0 Å². The zero-order chi connectivity index (χ0) is 12.0. The van der Waals surface area contributed by atoms with Gasteiger partial charge in [0.05, 0.1) is 6.54 Å². The van der Waals surface area contributed by atoms with Crippen LogP contribution in [0.4, 0.5) is 5.69 Å². The molecule has 0 saturated carbocycles. The lowest BCUT2D eigenvalue weighted by atomic mass is 10.2. The van der Waals surface area contributed by atoms with E-state index in [2.05, 4.69) is 15.3 Å². The number of anilines is 1. The quantitative estimate of drug-likeness (QED) is 0.466. The number of azide groups is 1. The van der Waals surface area contributed by atoms with E-state index in [0.29, 0.717) is 10.7 Å². The summed E-state index contributed by atoms with van der Waals surface area (Å²) in [6.45, 7) is -0.0333. The highest BCUT2D eigenvalue weighted by Gasteiger charge is 2.13. The Morgan fingerprint density at radius 2 is 2.19 bits per heavy atom. The van der Waals surface area contributed by atoms with Gasteiger partial charge in [-0.25, -0.2) is 0 Å². The van der Waals surface area contributed by atoms with E-state index in [4.69, 9.17) is 22.9 Å². The van der Waals surface area contributed by atoms with Crippen molar-refractivity contribution in [1.82, 2.24) is 0 Å². The van der Waals surface area contributed by atoms with Crippen molar-refractivity contribution in [3.63, 3.8) is 0 Å². The van der Waals surface area contributed by atoms with Gasteiger partial charge in [-0.2, -0.15) is 0 Å². The van der Waals surface area contributed by atoms with Crippen LogP contribution in [-0.4, -0.2) is 18.5 Å². The van der Waals surface area contributed by atoms with Crippen LogP contribution in [0.1, 0.15) is 0 Å². The molecule has 0 aliphatic rings. The number of nitrogens with two attached hydrogens (primary N) is 1. The maximum atomic E-state index is 11.0. The molecule has 6 nitrogen and oxygen atoms in total. The number of primary amides is 1. The summed E-state index contributed by atoms with van der Waals surface area (Å²) in [5, 5.41) is 6.73. The first-order chi connectivity index (χ1) is 7.63. The van der Waals surface area contributed by atoms with Crippen LogP contribution in [0.25, 0.3) is 10.4 Å². The lowest BCUT2D eigenvalue weighted by molar-refractivity contribution is -0.118. The average molecular weight is 240 g/mol. The monoisotopic (exact) mass is 239 g/mol. The summed E-state index contributed by atoms with van der Waals surface area (Å²) in [7, 11) is 0. The Kier molecular flexibility index (Phi) is 4.44. The average Bonchev–Trinajstić information content (AvgIpc) is 2.26. The Morgan fingerprint density at radius 3 is 2.69 bits per heavy atom. The van der Waals surface area contributed by atoms with Gasteiger partial charge in [-0.3, -0.25) is 4.79 Å². The molecule has 0 saturated heterocycles. The fraction of sp³-hybridized carbons (Fsp3) is 0.222. The molecule has 0 radical (unpaired) electrons. The number of rotatable bonds is 5. The van der Waals surface area contributed by atoms with E-state index in [1.54, 1.807) is 24.3 Å². The van der Waals surface area contributed by atoms with Gasteiger partial charge in [0, 0.05) is 15.6 Å². The predicted octanol–water partition coefficient (Wildman–Crippen LogP) is 1.92. The van der Waals surface area contributed by atoms with Gasteiger partial charge in [0.2, 0.25) is 5.91 Å². The minimum atomic E-state index is -0.725. The van der Waals surface area contributed by atoms with Crippen molar-refractivity contribution >= 4 is 23.2 Å². The second kappa shape index (κ2) is 5.85. The fourth-order valence-electron chi connectivity index (χ4n) is 1.07. The fourth-order valence-corrected chi connectivity index (χ4v) is 1.20. The molecule has 1 amide bonds. The second-order valence-electron chi connectivity index (χ2n) is 3.02. The van der Waals surface area contributed by atoms with Crippen molar-refractivity contribution in [2.45, 2.75) is 6.04 Å². The Hall–Kier alpha value is -1.91. The Labute approximate surface area is 97.0 Å². The lowest BCUT2D eigenvalue weighted by Crippen LogP contribution is -2.37. The van der Waals surface area contributed by atoms with Gasteiger partial charge in [-0.05, 0) is 29.8 Å². The van der Waals surface area contributed by atoms with Gasteiger partial charge in [0.25, 0.3) is 0 Å². The number of hydrogen-bond donors (Lipinski definition) is 2. The molecule has 84 valence electrons. The Morgan fingerprint density at radius 1 is 1.56 bits per heavy atom. The highest BCUT2D eigenvalue weighted by atomic mass is 35.5. The summed E-state index contributed by atoms with van der Waals surface area (Å²) in [6, 6.07) is 6.03. The molecule has 16 heavy (non-hydrogen) atoms. The molecule has 1 rings (SSSR count).